The third-order valence-corrected chi connectivity index (χ3v) is 6.81. The van der Waals surface area contributed by atoms with E-state index >= 15 is 0 Å². The van der Waals surface area contributed by atoms with Crippen LogP contribution in [0.1, 0.15) is 17.2 Å². The highest BCUT2D eigenvalue weighted by Crippen LogP contribution is 2.60. The fraction of sp³-hybridized carbons (Fsp3) is 0.259. The van der Waals surface area contributed by atoms with Crippen molar-refractivity contribution < 1.29 is 23.8 Å². The Bertz CT molecular complexity index is 1170. The third kappa shape index (κ3) is 3.01. The van der Waals surface area contributed by atoms with Crippen molar-refractivity contribution in [2.45, 2.75) is 11.6 Å². The van der Waals surface area contributed by atoms with E-state index in [4.69, 9.17) is 14.2 Å². The van der Waals surface area contributed by atoms with Gasteiger partial charge in [-0.2, -0.15) is 0 Å². The molecule has 0 bridgehead atoms. The van der Waals surface area contributed by atoms with Crippen LogP contribution in [0, 0.1) is 11.8 Å². The Kier molecular flexibility index (Phi) is 5.29. The van der Waals surface area contributed by atoms with Crippen molar-refractivity contribution in [3.05, 3.63) is 96.1 Å². The van der Waals surface area contributed by atoms with Gasteiger partial charge in [-0.3, -0.25) is 4.79 Å². The van der Waals surface area contributed by atoms with Crippen LogP contribution in [0.5, 0.6) is 5.75 Å². The molecule has 0 spiro atoms. The van der Waals surface area contributed by atoms with Crippen molar-refractivity contribution in [1.82, 2.24) is 0 Å². The lowest BCUT2D eigenvalue weighted by molar-refractivity contribution is -0.160. The second-order valence-corrected chi connectivity index (χ2v) is 8.29. The highest BCUT2D eigenvalue weighted by molar-refractivity contribution is 5.95. The number of carbonyl (C=O) groups excluding carboxylic acids is 2. The van der Waals surface area contributed by atoms with Gasteiger partial charge >= 0.3 is 11.9 Å². The number of ether oxygens (including phenoxy) is 3. The number of anilines is 1. The topological polar surface area (TPSA) is 65.1 Å². The maximum Gasteiger partial charge on any atom is 0.337 e. The number of carbonyl (C=O) groups is 2. The number of rotatable bonds is 4. The van der Waals surface area contributed by atoms with Crippen molar-refractivity contribution in [2.24, 2.45) is 11.8 Å². The van der Waals surface area contributed by atoms with Gasteiger partial charge in [0.15, 0.2) is 5.54 Å². The van der Waals surface area contributed by atoms with Crippen LogP contribution >= 0.6 is 0 Å². The average molecular weight is 443 g/mol. The van der Waals surface area contributed by atoms with E-state index in [0.717, 1.165) is 17.0 Å². The van der Waals surface area contributed by atoms with Gasteiger partial charge in [0, 0.05) is 17.2 Å². The van der Waals surface area contributed by atoms with Gasteiger partial charge in [-0.05, 0) is 23.8 Å². The van der Waals surface area contributed by atoms with Gasteiger partial charge in [-0.15, -0.1) is 0 Å². The molecule has 6 nitrogen and oxygen atoms in total. The van der Waals surface area contributed by atoms with Crippen LogP contribution in [-0.4, -0.2) is 32.8 Å². The minimum Gasteiger partial charge on any atom is -0.493 e. The molecule has 5 rings (SSSR count). The molecule has 0 saturated carbocycles. The Morgan fingerprint density at radius 2 is 1.52 bits per heavy atom. The van der Waals surface area contributed by atoms with Crippen LogP contribution in [-0.2, 0) is 24.6 Å². The lowest BCUT2D eigenvalue weighted by Crippen LogP contribution is -2.55. The molecule has 0 amide bonds. The number of esters is 2. The maximum atomic E-state index is 13.9. The molecule has 2 aliphatic heterocycles. The summed E-state index contributed by atoms with van der Waals surface area (Å²) in [5.74, 6) is -1.43. The minimum atomic E-state index is -1.44. The summed E-state index contributed by atoms with van der Waals surface area (Å²) >= 11 is 0. The summed E-state index contributed by atoms with van der Waals surface area (Å²) in [4.78, 5) is 29.4. The average Bonchev–Trinajstić information content (AvgIpc) is 3.21. The number of nitrogens with zero attached hydrogens (tertiary/aromatic N) is 1. The van der Waals surface area contributed by atoms with Crippen LogP contribution in [0.2, 0.25) is 0 Å². The Morgan fingerprint density at radius 1 is 0.879 bits per heavy atom. The van der Waals surface area contributed by atoms with Crippen molar-refractivity contribution in [1.29, 1.82) is 0 Å². The van der Waals surface area contributed by atoms with Gasteiger partial charge < -0.3 is 19.1 Å². The SMILES string of the molecule is COC(=O)C1C2COc3ccccc3C2N(c2ccccc2)C1(C(=O)OC)c1ccccc1. The standard InChI is InChI=1S/C27H25NO5/c1-31-25(29)23-21-17-33-22-16-10-9-15-20(22)24(21)28(19-13-7-4-8-14-19)27(23,26(30)32-2)18-11-5-3-6-12-18/h3-16,21,23-24H,17H2,1-2H3. The molecule has 0 radical (unpaired) electrons. The fourth-order valence-corrected chi connectivity index (χ4v) is 5.59. The second-order valence-electron chi connectivity index (χ2n) is 8.29. The molecule has 1 fully saturated rings. The van der Waals surface area contributed by atoms with E-state index in [1.54, 1.807) is 0 Å². The molecule has 0 aromatic heterocycles. The summed E-state index contributed by atoms with van der Waals surface area (Å²) in [5, 5.41) is 0. The summed E-state index contributed by atoms with van der Waals surface area (Å²) in [6, 6.07) is 26.5. The molecule has 2 aliphatic rings. The van der Waals surface area contributed by atoms with Gasteiger partial charge in [-0.25, -0.2) is 4.79 Å². The summed E-state index contributed by atoms with van der Waals surface area (Å²) in [6.07, 6.45) is 0. The highest BCUT2D eigenvalue weighted by atomic mass is 16.5. The number of para-hydroxylation sites is 2. The second kappa shape index (κ2) is 8.28. The first-order chi connectivity index (χ1) is 16.1. The molecule has 0 N–H and O–H groups in total. The fourth-order valence-electron chi connectivity index (χ4n) is 5.59. The van der Waals surface area contributed by atoms with Gasteiger partial charge in [0.25, 0.3) is 0 Å². The van der Waals surface area contributed by atoms with Crippen LogP contribution in [0.3, 0.4) is 0 Å². The molecule has 1 saturated heterocycles. The Balaban J connectivity index is 1.88. The van der Waals surface area contributed by atoms with Crippen molar-refractivity contribution >= 4 is 17.6 Å². The number of hydrogen-bond acceptors (Lipinski definition) is 6. The van der Waals surface area contributed by atoms with E-state index in [1.807, 2.05) is 89.8 Å². The van der Waals surface area contributed by atoms with Crippen LogP contribution in [0.4, 0.5) is 5.69 Å². The number of hydrogen-bond donors (Lipinski definition) is 0. The first-order valence-corrected chi connectivity index (χ1v) is 10.9. The smallest absolute Gasteiger partial charge is 0.337 e. The van der Waals surface area contributed by atoms with Crippen molar-refractivity contribution in [3.8, 4) is 5.75 Å². The van der Waals surface area contributed by atoms with Crippen molar-refractivity contribution in [3.63, 3.8) is 0 Å². The monoisotopic (exact) mass is 443 g/mol. The zero-order valence-corrected chi connectivity index (χ0v) is 18.5. The van der Waals surface area contributed by atoms with E-state index < -0.39 is 23.4 Å². The van der Waals surface area contributed by atoms with Gasteiger partial charge in [0.1, 0.15) is 11.7 Å². The number of methoxy groups -OCH3 is 2. The predicted molar refractivity (Wildman–Crippen MR) is 123 cm³/mol. The summed E-state index contributed by atoms with van der Waals surface area (Å²) in [7, 11) is 2.71. The molecule has 168 valence electrons. The quantitative estimate of drug-likeness (QED) is 0.566. The molecular formula is C27H25NO5. The Morgan fingerprint density at radius 3 is 2.18 bits per heavy atom. The molecular weight excluding hydrogens is 418 g/mol. The summed E-state index contributed by atoms with van der Waals surface area (Å²) < 4.78 is 16.8. The van der Waals surface area contributed by atoms with Gasteiger partial charge in [0.2, 0.25) is 0 Å². The zero-order valence-electron chi connectivity index (χ0n) is 18.5. The van der Waals surface area contributed by atoms with Gasteiger partial charge in [-0.1, -0.05) is 66.7 Å². The Labute approximate surface area is 192 Å². The lowest BCUT2D eigenvalue weighted by Gasteiger charge is -2.43. The molecule has 6 heteroatoms. The lowest BCUT2D eigenvalue weighted by atomic mass is 9.73. The van der Waals surface area contributed by atoms with Crippen LogP contribution in [0.15, 0.2) is 84.9 Å². The molecule has 4 atom stereocenters. The molecule has 0 aliphatic carbocycles. The molecule has 4 unspecified atom stereocenters. The molecule has 3 aromatic carbocycles. The predicted octanol–water partition coefficient (Wildman–Crippen LogP) is 4.11. The van der Waals surface area contributed by atoms with Crippen molar-refractivity contribution in [2.75, 3.05) is 25.7 Å². The summed E-state index contributed by atoms with van der Waals surface area (Å²) in [6.45, 7) is 0.274. The van der Waals surface area contributed by atoms with Gasteiger partial charge in [0.05, 0.1) is 26.9 Å². The van der Waals surface area contributed by atoms with Crippen LogP contribution < -0.4 is 9.64 Å². The normalized spacial score (nSPS) is 25.4. The van der Waals surface area contributed by atoms with E-state index in [9.17, 15) is 9.59 Å². The van der Waals surface area contributed by atoms with E-state index in [-0.39, 0.29) is 18.6 Å². The highest BCUT2D eigenvalue weighted by Gasteiger charge is 2.69. The third-order valence-electron chi connectivity index (χ3n) is 6.81. The van der Waals surface area contributed by atoms with E-state index in [0.29, 0.717) is 5.56 Å². The van der Waals surface area contributed by atoms with Crippen LogP contribution in [0.25, 0.3) is 0 Å². The van der Waals surface area contributed by atoms with E-state index in [1.165, 1.54) is 14.2 Å². The largest absolute Gasteiger partial charge is 0.493 e. The number of benzene rings is 3. The molecule has 2 heterocycles. The molecule has 33 heavy (non-hydrogen) atoms. The van der Waals surface area contributed by atoms with E-state index in [2.05, 4.69) is 0 Å². The minimum absolute atomic E-state index is 0.274. The summed E-state index contributed by atoms with van der Waals surface area (Å²) in [5.41, 5.74) is 0.960. The zero-order chi connectivity index (χ0) is 23.0. The first-order valence-electron chi connectivity index (χ1n) is 10.9. The number of fused-ring (bicyclic) bond motifs is 3. The molecule has 3 aromatic rings. The maximum absolute atomic E-state index is 13.9. The Hall–Kier alpha value is -3.80. The first kappa shape index (κ1) is 21.1.